The summed E-state index contributed by atoms with van der Waals surface area (Å²) in [6.07, 6.45) is 1.40. The second kappa shape index (κ2) is 5.10. The Bertz CT molecular complexity index is 567. The van der Waals surface area contributed by atoms with Crippen LogP contribution >= 0.6 is 0 Å². The lowest BCUT2D eigenvalue weighted by molar-refractivity contribution is 0.0173. The van der Waals surface area contributed by atoms with Crippen molar-refractivity contribution in [3.05, 3.63) is 5.69 Å². The van der Waals surface area contributed by atoms with Gasteiger partial charge in [-0.1, -0.05) is 0 Å². The van der Waals surface area contributed by atoms with Crippen LogP contribution in [-0.4, -0.2) is 37.0 Å². The number of anilines is 1. The first kappa shape index (κ1) is 14.3. The summed E-state index contributed by atoms with van der Waals surface area (Å²) in [4.78, 5) is 0.0779. The lowest BCUT2D eigenvalue weighted by Crippen LogP contribution is -2.41. The van der Waals surface area contributed by atoms with Crippen LogP contribution < -0.4 is 10.5 Å². The number of aryl methyl sites for hydroxylation is 1. The van der Waals surface area contributed by atoms with E-state index in [1.165, 1.54) is 4.68 Å². The van der Waals surface area contributed by atoms with Crippen molar-refractivity contribution in [2.75, 3.05) is 12.3 Å². The zero-order valence-corrected chi connectivity index (χ0v) is 12.2. The van der Waals surface area contributed by atoms with Crippen molar-refractivity contribution in [3.8, 4) is 0 Å². The highest BCUT2D eigenvalue weighted by molar-refractivity contribution is 7.89. The van der Waals surface area contributed by atoms with E-state index >= 15 is 0 Å². The number of rotatable bonds is 3. The van der Waals surface area contributed by atoms with Gasteiger partial charge in [0.2, 0.25) is 10.0 Å². The van der Waals surface area contributed by atoms with Gasteiger partial charge in [-0.15, -0.1) is 0 Å². The Balaban J connectivity index is 2.23. The van der Waals surface area contributed by atoms with E-state index < -0.39 is 10.0 Å². The van der Waals surface area contributed by atoms with Crippen molar-refractivity contribution in [3.63, 3.8) is 0 Å². The van der Waals surface area contributed by atoms with E-state index in [1.807, 2.05) is 6.92 Å². The van der Waals surface area contributed by atoms with Crippen molar-refractivity contribution in [1.29, 1.82) is 0 Å². The highest BCUT2D eigenvalue weighted by Gasteiger charge is 2.29. The smallest absolute Gasteiger partial charge is 0.246 e. The van der Waals surface area contributed by atoms with Crippen LogP contribution in [0.5, 0.6) is 0 Å². The molecule has 108 valence electrons. The predicted molar refractivity (Wildman–Crippen MR) is 71.1 cm³/mol. The molecule has 0 amide bonds. The molecule has 0 radical (unpaired) electrons. The van der Waals surface area contributed by atoms with E-state index in [1.54, 1.807) is 14.0 Å². The molecule has 1 aliphatic heterocycles. The molecular formula is C11H20N4O3S. The molecular weight excluding hydrogens is 268 g/mol. The van der Waals surface area contributed by atoms with Crippen LogP contribution in [0.25, 0.3) is 0 Å². The minimum absolute atomic E-state index is 0.0348. The van der Waals surface area contributed by atoms with E-state index in [0.29, 0.717) is 25.1 Å². The minimum atomic E-state index is -3.64. The Morgan fingerprint density at radius 1 is 1.53 bits per heavy atom. The van der Waals surface area contributed by atoms with E-state index in [9.17, 15) is 8.42 Å². The fraction of sp³-hybridized carbons (Fsp3) is 0.727. The van der Waals surface area contributed by atoms with Crippen LogP contribution in [0, 0.1) is 6.92 Å². The molecule has 0 aliphatic carbocycles. The molecule has 2 atom stereocenters. The van der Waals surface area contributed by atoms with Gasteiger partial charge in [0, 0.05) is 19.7 Å². The van der Waals surface area contributed by atoms with Gasteiger partial charge in [0.05, 0.1) is 11.8 Å². The fourth-order valence-corrected chi connectivity index (χ4v) is 3.94. The highest BCUT2D eigenvalue weighted by atomic mass is 32.2. The molecule has 0 saturated carbocycles. The van der Waals surface area contributed by atoms with Crippen molar-refractivity contribution in [2.45, 2.75) is 43.7 Å². The van der Waals surface area contributed by atoms with Crippen LogP contribution in [0.2, 0.25) is 0 Å². The largest absolute Gasteiger partial charge is 0.381 e. The van der Waals surface area contributed by atoms with Gasteiger partial charge in [-0.2, -0.15) is 5.10 Å². The van der Waals surface area contributed by atoms with Crippen LogP contribution in [0.3, 0.4) is 0 Å². The van der Waals surface area contributed by atoms with E-state index in [-0.39, 0.29) is 22.9 Å². The summed E-state index contributed by atoms with van der Waals surface area (Å²) in [5.74, 6) is 0.0348. The Morgan fingerprint density at radius 3 is 2.74 bits per heavy atom. The summed E-state index contributed by atoms with van der Waals surface area (Å²) in [5.41, 5.74) is 6.22. The van der Waals surface area contributed by atoms with E-state index in [2.05, 4.69) is 9.82 Å². The van der Waals surface area contributed by atoms with Gasteiger partial charge in [-0.05, 0) is 26.7 Å². The maximum atomic E-state index is 12.4. The van der Waals surface area contributed by atoms with Crippen molar-refractivity contribution < 1.29 is 13.2 Å². The number of hydrogen-bond acceptors (Lipinski definition) is 5. The molecule has 19 heavy (non-hydrogen) atoms. The third kappa shape index (κ3) is 2.90. The van der Waals surface area contributed by atoms with Gasteiger partial charge in [-0.3, -0.25) is 4.68 Å². The molecule has 7 nitrogen and oxygen atoms in total. The first-order valence-electron chi connectivity index (χ1n) is 6.24. The standard InChI is InChI=1S/C11H20N4O3S/c1-7-6-9(4-5-18-7)14-19(16,17)10-8(2)15(3)13-11(10)12/h7,9,14H,4-6H2,1-3H3,(H2,12,13). The maximum absolute atomic E-state index is 12.4. The van der Waals surface area contributed by atoms with Crippen molar-refractivity contribution in [2.24, 2.45) is 7.05 Å². The molecule has 0 bridgehead atoms. The van der Waals surface area contributed by atoms with Gasteiger partial charge in [0.15, 0.2) is 5.82 Å². The molecule has 0 spiro atoms. The number of nitrogen functional groups attached to an aromatic ring is 1. The molecule has 2 rings (SSSR count). The average molecular weight is 288 g/mol. The van der Waals surface area contributed by atoms with Gasteiger partial charge in [0.1, 0.15) is 4.90 Å². The van der Waals surface area contributed by atoms with Gasteiger partial charge in [-0.25, -0.2) is 13.1 Å². The Kier molecular flexibility index (Phi) is 3.84. The lowest BCUT2D eigenvalue weighted by Gasteiger charge is -2.27. The molecule has 3 N–H and O–H groups in total. The molecule has 1 aromatic rings. The summed E-state index contributed by atoms with van der Waals surface area (Å²) < 4.78 is 34.3. The zero-order valence-electron chi connectivity index (χ0n) is 11.4. The Morgan fingerprint density at radius 2 is 2.21 bits per heavy atom. The highest BCUT2D eigenvalue weighted by Crippen LogP contribution is 2.23. The first-order chi connectivity index (χ1) is 8.81. The quantitative estimate of drug-likeness (QED) is 0.825. The molecule has 2 heterocycles. The summed E-state index contributed by atoms with van der Waals surface area (Å²) in [7, 11) is -1.97. The third-order valence-electron chi connectivity index (χ3n) is 3.38. The molecule has 1 saturated heterocycles. The molecule has 1 aromatic heterocycles. The number of sulfonamides is 1. The number of nitrogens with zero attached hydrogens (tertiary/aromatic N) is 2. The summed E-state index contributed by atoms with van der Waals surface area (Å²) >= 11 is 0. The average Bonchev–Trinajstić information content (AvgIpc) is 2.52. The maximum Gasteiger partial charge on any atom is 0.246 e. The van der Waals surface area contributed by atoms with Crippen LogP contribution in [0.1, 0.15) is 25.5 Å². The number of nitrogens with one attached hydrogen (secondary N) is 1. The monoisotopic (exact) mass is 288 g/mol. The summed E-state index contributed by atoms with van der Waals surface area (Å²) in [5, 5.41) is 3.94. The predicted octanol–water partition coefficient (Wildman–Crippen LogP) is 0.157. The van der Waals surface area contributed by atoms with Crippen LogP contribution in [-0.2, 0) is 21.8 Å². The fourth-order valence-electron chi connectivity index (χ4n) is 2.33. The molecule has 0 aromatic carbocycles. The minimum Gasteiger partial charge on any atom is -0.381 e. The summed E-state index contributed by atoms with van der Waals surface area (Å²) in [6.45, 7) is 4.19. The number of ether oxygens (including phenoxy) is 1. The third-order valence-corrected chi connectivity index (χ3v) is 5.07. The number of hydrogen-bond donors (Lipinski definition) is 2. The Hall–Kier alpha value is -1.12. The van der Waals surface area contributed by atoms with Gasteiger partial charge >= 0.3 is 0 Å². The lowest BCUT2D eigenvalue weighted by atomic mass is 10.1. The Labute approximate surface area is 113 Å². The van der Waals surface area contributed by atoms with E-state index in [4.69, 9.17) is 10.5 Å². The first-order valence-corrected chi connectivity index (χ1v) is 7.72. The van der Waals surface area contributed by atoms with E-state index in [0.717, 1.165) is 0 Å². The zero-order chi connectivity index (χ0) is 14.2. The van der Waals surface area contributed by atoms with Crippen molar-refractivity contribution in [1.82, 2.24) is 14.5 Å². The van der Waals surface area contributed by atoms with Gasteiger partial charge < -0.3 is 10.5 Å². The second-order valence-corrected chi connectivity index (χ2v) is 6.60. The molecule has 2 unspecified atom stereocenters. The van der Waals surface area contributed by atoms with Gasteiger partial charge in [0.25, 0.3) is 0 Å². The normalized spacial score (nSPS) is 24.6. The molecule has 1 aliphatic rings. The van der Waals surface area contributed by atoms with Crippen LogP contribution in [0.4, 0.5) is 5.82 Å². The molecule has 1 fully saturated rings. The number of aromatic nitrogens is 2. The second-order valence-electron chi connectivity index (χ2n) is 4.95. The number of nitrogens with two attached hydrogens (primary N) is 1. The van der Waals surface area contributed by atoms with Crippen LogP contribution in [0.15, 0.2) is 4.90 Å². The SMILES string of the molecule is Cc1c(S(=O)(=O)NC2CCOC(C)C2)c(N)nn1C. The van der Waals surface area contributed by atoms with Crippen molar-refractivity contribution >= 4 is 15.8 Å². The topological polar surface area (TPSA) is 99.2 Å². The molecule has 8 heteroatoms. The summed E-state index contributed by atoms with van der Waals surface area (Å²) in [6, 6.07) is -0.118.